The van der Waals surface area contributed by atoms with Crippen molar-refractivity contribution < 1.29 is 4.79 Å². The second-order valence-electron chi connectivity index (χ2n) is 5.47. The predicted octanol–water partition coefficient (Wildman–Crippen LogP) is 1.88. The van der Waals surface area contributed by atoms with E-state index in [1.54, 1.807) is 11.3 Å². The second kappa shape index (κ2) is 4.64. The molecular formula is C12H19N3OS. The summed E-state index contributed by atoms with van der Waals surface area (Å²) in [4.78, 5) is 18.4. The lowest BCUT2D eigenvalue weighted by molar-refractivity contribution is -0.129. The van der Waals surface area contributed by atoms with Crippen molar-refractivity contribution in [1.82, 2.24) is 10.3 Å². The second-order valence-corrected chi connectivity index (χ2v) is 6.34. The molecule has 0 saturated carbocycles. The molecule has 1 N–H and O–H groups in total. The van der Waals surface area contributed by atoms with Gasteiger partial charge in [-0.2, -0.15) is 0 Å². The highest BCUT2D eigenvalue weighted by molar-refractivity contribution is 7.13. The maximum Gasteiger partial charge on any atom is 0.225 e. The van der Waals surface area contributed by atoms with Gasteiger partial charge >= 0.3 is 0 Å². The molecule has 1 aliphatic rings. The summed E-state index contributed by atoms with van der Waals surface area (Å²) in [6.07, 6.45) is 2.82. The maximum absolute atomic E-state index is 11.9. The number of aromatic nitrogens is 1. The summed E-state index contributed by atoms with van der Waals surface area (Å²) in [6.45, 7) is 7.67. The van der Waals surface area contributed by atoms with Gasteiger partial charge in [0.1, 0.15) is 0 Å². The van der Waals surface area contributed by atoms with Gasteiger partial charge in [0.25, 0.3) is 0 Å². The topological polar surface area (TPSA) is 45.2 Å². The normalized spacial score (nSPS) is 20.6. The quantitative estimate of drug-likeness (QED) is 0.875. The van der Waals surface area contributed by atoms with Crippen LogP contribution in [-0.2, 0) is 4.79 Å². The summed E-state index contributed by atoms with van der Waals surface area (Å²) < 4.78 is 0. The van der Waals surface area contributed by atoms with Crippen molar-refractivity contribution in [3.05, 3.63) is 11.6 Å². The van der Waals surface area contributed by atoms with Gasteiger partial charge in [0, 0.05) is 36.1 Å². The van der Waals surface area contributed by atoms with Crippen LogP contribution < -0.4 is 10.2 Å². The highest BCUT2D eigenvalue weighted by atomic mass is 32.1. The van der Waals surface area contributed by atoms with Crippen LogP contribution in [-0.4, -0.2) is 30.0 Å². The molecule has 1 aliphatic heterocycles. The molecule has 94 valence electrons. The molecule has 1 amide bonds. The highest BCUT2D eigenvalue weighted by Crippen LogP contribution is 2.23. The lowest BCUT2D eigenvalue weighted by Gasteiger charge is -2.21. The van der Waals surface area contributed by atoms with E-state index in [1.807, 2.05) is 32.3 Å². The van der Waals surface area contributed by atoms with Crippen molar-refractivity contribution in [3.63, 3.8) is 0 Å². The van der Waals surface area contributed by atoms with Crippen LogP contribution in [0.2, 0.25) is 0 Å². The molecular weight excluding hydrogens is 234 g/mol. The number of anilines is 1. The number of hydrogen-bond acceptors (Lipinski definition) is 4. The lowest BCUT2D eigenvalue weighted by Crippen LogP contribution is -2.43. The number of rotatable bonds is 2. The Bertz CT molecular complexity index is 383. The zero-order chi connectivity index (χ0) is 12.5. The van der Waals surface area contributed by atoms with Crippen molar-refractivity contribution in [2.75, 3.05) is 18.0 Å². The van der Waals surface area contributed by atoms with E-state index in [-0.39, 0.29) is 17.4 Å². The number of amides is 1. The summed E-state index contributed by atoms with van der Waals surface area (Å²) in [7, 11) is 0. The minimum atomic E-state index is -0.311. The molecule has 5 heteroatoms. The van der Waals surface area contributed by atoms with Crippen LogP contribution in [0, 0.1) is 5.41 Å². The number of nitrogens with one attached hydrogen (secondary N) is 1. The monoisotopic (exact) mass is 253 g/mol. The summed E-state index contributed by atoms with van der Waals surface area (Å²) in [6, 6.07) is 0.255. The molecule has 1 saturated heterocycles. The molecule has 1 fully saturated rings. The van der Waals surface area contributed by atoms with E-state index in [0.29, 0.717) is 0 Å². The van der Waals surface area contributed by atoms with E-state index in [1.165, 1.54) is 0 Å². The zero-order valence-corrected chi connectivity index (χ0v) is 11.4. The first-order chi connectivity index (χ1) is 7.97. The number of carbonyl (C=O) groups excluding carboxylic acids is 1. The maximum atomic E-state index is 11.9. The molecule has 0 radical (unpaired) electrons. The molecule has 4 nitrogen and oxygen atoms in total. The third kappa shape index (κ3) is 2.97. The fourth-order valence-corrected chi connectivity index (χ4v) is 2.51. The first-order valence-corrected chi connectivity index (χ1v) is 6.80. The van der Waals surface area contributed by atoms with E-state index >= 15 is 0 Å². The molecule has 0 aliphatic carbocycles. The van der Waals surface area contributed by atoms with Gasteiger partial charge < -0.3 is 10.2 Å². The average Bonchev–Trinajstić information content (AvgIpc) is 2.83. The van der Waals surface area contributed by atoms with Crippen LogP contribution in [0.15, 0.2) is 11.6 Å². The lowest BCUT2D eigenvalue weighted by atomic mass is 9.95. The Hall–Kier alpha value is -1.10. The molecule has 1 aromatic rings. The fraction of sp³-hybridized carbons (Fsp3) is 0.667. The number of nitrogens with zero attached hydrogens (tertiary/aromatic N) is 2. The molecule has 0 spiro atoms. The van der Waals surface area contributed by atoms with Gasteiger partial charge in [0.2, 0.25) is 5.91 Å². The smallest absolute Gasteiger partial charge is 0.225 e. The summed E-state index contributed by atoms with van der Waals surface area (Å²) in [5, 5.41) is 6.14. The molecule has 2 heterocycles. The van der Waals surface area contributed by atoms with Gasteiger partial charge in [-0.15, -0.1) is 11.3 Å². The van der Waals surface area contributed by atoms with E-state index in [0.717, 1.165) is 24.6 Å². The summed E-state index contributed by atoms with van der Waals surface area (Å²) in [5.41, 5.74) is -0.311. The molecule has 2 rings (SSSR count). The van der Waals surface area contributed by atoms with Crippen molar-refractivity contribution in [2.24, 2.45) is 5.41 Å². The molecule has 1 atom stereocenters. The Morgan fingerprint density at radius 2 is 2.35 bits per heavy atom. The van der Waals surface area contributed by atoms with E-state index < -0.39 is 0 Å². The first kappa shape index (κ1) is 12.4. The Morgan fingerprint density at radius 3 is 2.94 bits per heavy atom. The van der Waals surface area contributed by atoms with Crippen LogP contribution in [0.1, 0.15) is 27.2 Å². The Kier molecular flexibility index (Phi) is 3.38. The minimum absolute atomic E-state index is 0.128. The molecule has 0 bridgehead atoms. The van der Waals surface area contributed by atoms with Crippen LogP contribution in [0.25, 0.3) is 0 Å². The number of carbonyl (C=O) groups is 1. The SMILES string of the molecule is CC(C)(C)C(=O)N[C@@H]1CCN(c2nccs2)C1. The molecule has 0 aromatic carbocycles. The van der Waals surface area contributed by atoms with Crippen molar-refractivity contribution in [2.45, 2.75) is 33.2 Å². The van der Waals surface area contributed by atoms with Gasteiger partial charge in [0.05, 0.1) is 0 Å². The van der Waals surface area contributed by atoms with Crippen molar-refractivity contribution >= 4 is 22.4 Å². The van der Waals surface area contributed by atoms with E-state index in [2.05, 4.69) is 15.2 Å². The minimum Gasteiger partial charge on any atom is -0.351 e. The predicted molar refractivity (Wildman–Crippen MR) is 70.3 cm³/mol. The molecule has 17 heavy (non-hydrogen) atoms. The van der Waals surface area contributed by atoms with Gasteiger partial charge in [-0.1, -0.05) is 20.8 Å². The van der Waals surface area contributed by atoms with Crippen LogP contribution in [0.5, 0.6) is 0 Å². The summed E-state index contributed by atoms with van der Waals surface area (Å²) in [5.74, 6) is 0.128. The third-order valence-electron chi connectivity index (χ3n) is 2.89. The fourth-order valence-electron chi connectivity index (χ4n) is 1.83. The number of thiazole rings is 1. The van der Waals surface area contributed by atoms with Crippen molar-refractivity contribution in [1.29, 1.82) is 0 Å². The standard InChI is InChI=1S/C12H19N3OS/c1-12(2,3)10(16)14-9-4-6-15(8-9)11-13-5-7-17-11/h5,7,9H,4,6,8H2,1-3H3,(H,14,16)/t9-/m1/s1. The van der Waals surface area contributed by atoms with Crippen LogP contribution in [0.3, 0.4) is 0 Å². The van der Waals surface area contributed by atoms with E-state index in [4.69, 9.17) is 0 Å². The Morgan fingerprint density at radius 1 is 1.59 bits per heavy atom. The molecule has 0 unspecified atom stereocenters. The van der Waals surface area contributed by atoms with Crippen molar-refractivity contribution in [3.8, 4) is 0 Å². The van der Waals surface area contributed by atoms with Gasteiger partial charge in [0.15, 0.2) is 5.13 Å². The highest BCUT2D eigenvalue weighted by Gasteiger charge is 2.29. The molecule has 1 aromatic heterocycles. The Labute approximate surface area is 106 Å². The van der Waals surface area contributed by atoms with Gasteiger partial charge in [-0.05, 0) is 6.42 Å². The largest absolute Gasteiger partial charge is 0.351 e. The summed E-state index contributed by atoms with van der Waals surface area (Å²) >= 11 is 1.65. The van der Waals surface area contributed by atoms with Gasteiger partial charge in [-0.3, -0.25) is 4.79 Å². The van der Waals surface area contributed by atoms with Crippen LogP contribution in [0.4, 0.5) is 5.13 Å². The average molecular weight is 253 g/mol. The Balaban J connectivity index is 1.89. The zero-order valence-electron chi connectivity index (χ0n) is 10.6. The number of hydrogen-bond donors (Lipinski definition) is 1. The van der Waals surface area contributed by atoms with Crippen LogP contribution >= 0.6 is 11.3 Å². The first-order valence-electron chi connectivity index (χ1n) is 5.92. The third-order valence-corrected chi connectivity index (χ3v) is 3.73. The van der Waals surface area contributed by atoms with Gasteiger partial charge in [-0.25, -0.2) is 4.98 Å². The van der Waals surface area contributed by atoms with E-state index in [9.17, 15) is 4.79 Å².